The van der Waals surface area contributed by atoms with Gasteiger partial charge in [-0.1, -0.05) is 31.2 Å². The summed E-state index contributed by atoms with van der Waals surface area (Å²) < 4.78 is 5.25. The van der Waals surface area contributed by atoms with Crippen molar-refractivity contribution in [2.45, 2.75) is 26.3 Å². The van der Waals surface area contributed by atoms with Crippen molar-refractivity contribution in [3.63, 3.8) is 0 Å². The molecule has 0 bridgehead atoms. The minimum atomic E-state index is 0.0242. The second-order valence-electron chi connectivity index (χ2n) is 4.45. The average molecular weight is 276 g/mol. The Hall–Kier alpha value is -1.65. The van der Waals surface area contributed by atoms with Crippen LogP contribution in [-0.4, -0.2) is 25.7 Å². The average Bonchev–Trinajstić information content (AvgIpc) is 2.46. The van der Waals surface area contributed by atoms with E-state index in [1.165, 1.54) is 0 Å². The largest absolute Gasteiger partial charge is 0.377 e. The second kappa shape index (κ2) is 10.2. The minimum Gasteiger partial charge on any atom is -0.377 e. The zero-order valence-corrected chi connectivity index (χ0v) is 12.2. The predicted molar refractivity (Wildman–Crippen MR) is 82.7 cm³/mol. The van der Waals surface area contributed by atoms with Crippen LogP contribution in [0.4, 0.5) is 5.69 Å². The molecule has 0 spiro atoms. The molecule has 0 aliphatic carbocycles. The van der Waals surface area contributed by atoms with Crippen LogP contribution < -0.4 is 10.6 Å². The number of para-hydroxylation sites is 1. The fourth-order valence-corrected chi connectivity index (χ4v) is 1.77. The third-order valence-electron chi connectivity index (χ3n) is 2.79. The van der Waals surface area contributed by atoms with Gasteiger partial charge in [-0.2, -0.15) is 0 Å². The Kier molecular flexibility index (Phi) is 8.35. The number of carbonyl (C=O) groups is 1. The lowest BCUT2D eigenvalue weighted by Gasteiger charge is -2.11. The van der Waals surface area contributed by atoms with Crippen molar-refractivity contribution in [3.8, 4) is 0 Å². The lowest BCUT2D eigenvalue weighted by Crippen LogP contribution is -2.17. The first-order chi connectivity index (χ1) is 9.77. The molecule has 2 N–H and O–H groups in total. The molecule has 1 aromatic rings. The van der Waals surface area contributed by atoms with Crippen LogP contribution in [0.2, 0.25) is 0 Å². The fourth-order valence-electron chi connectivity index (χ4n) is 1.77. The standard InChI is InChI=1S/C16H24N2O2/c1-3-11-20-12-7-10-16(19)18-15-9-6-5-8-14(15)13-17-4-2/h3,5-6,8-9,17H,1,4,7,10-13H2,2H3,(H,18,19). The molecule has 1 amide bonds. The van der Waals surface area contributed by atoms with Gasteiger partial charge in [0.05, 0.1) is 6.61 Å². The van der Waals surface area contributed by atoms with E-state index in [9.17, 15) is 4.79 Å². The maximum atomic E-state index is 11.9. The summed E-state index contributed by atoms with van der Waals surface area (Å²) in [6.45, 7) is 8.41. The number of carbonyl (C=O) groups excluding carboxylic acids is 1. The quantitative estimate of drug-likeness (QED) is 0.510. The van der Waals surface area contributed by atoms with E-state index in [1.54, 1.807) is 6.08 Å². The van der Waals surface area contributed by atoms with Crippen LogP contribution in [0.5, 0.6) is 0 Å². The van der Waals surface area contributed by atoms with Gasteiger partial charge in [-0.15, -0.1) is 6.58 Å². The number of amides is 1. The molecule has 0 atom stereocenters. The van der Waals surface area contributed by atoms with Crippen LogP contribution in [0.3, 0.4) is 0 Å². The molecule has 1 rings (SSSR count). The molecule has 4 nitrogen and oxygen atoms in total. The van der Waals surface area contributed by atoms with E-state index >= 15 is 0 Å². The molecule has 0 saturated heterocycles. The molecule has 0 aromatic heterocycles. The molecule has 0 aliphatic rings. The summed E-state index contributed by atoms with van der Waals surface area (Å²) in [5.74, 6) is 0.0242. The van der Waals surface area contributed by atoms with E-state index in [1.807, 2.05) is 24.3 Å². The Morgan fingerprint density at radius 3 is 2.95 bits per heavy atom. The lowest BCUT2D eigenvalue weighted by atomic mass is 10.1. The summed E-state index contributed by atoms with van der Waals surface area (Å²) in [5.41, 5.74) is 1.98. The Labute approximate surface area is 121 Å². The number of rotatable bonds is 10. The molecular formula is C16H24N2O2. The summed E-state index contributed by atoms with van der Waals surface area (Å²) in [7, 11) is 0. The van der Waals surface area contributed by atoms with Crippen LogP contribution in [0.25, 0.3) is 0 Å². The van der Waals surface area contributed by atoms with Gasteiger partial charge in [0.2, 0.25) is 5.91 Å². The zero-order valence-electron chi connectivity index (χ0n) is 12.2. The molecule has 0 unspecified atom stereocenters. The van der Waals surface area contributed by atoms with Crippen LogP contribution in [0, 0.1) is 0 Å². The van der Waals surface area contributed by atoms with Gasteiger partial charge in [-0.05, 0) is 24.6 Å². The Balaban J connectivity index is 2.38. The molecule has 110 valence electrons. The molecular weight excluding hydrogens is 252 g/mol. The summed E-state index contributed by atoms with van der Waals surface area (Å²) >= 11 is 0. The third-order valence-corrected chi connectivity index (χ3v) is 2.79. The monoisotopic (exact) mass is 276 g/mol. The van der Waals surface area contributed by atoms with Gasteiger partial charge >= 0.3 is 0 Å². The van der Waals surface area contributed by atoms with Crippen LogP contribution >= 0.6 is 0 Å². The van der Waals surface area contributed by atoms with Crippen molar-refractivity contribution in [1.29, 1.82) is 0 Å². The summed E-state index contributed by atoms with van der Waals surface area (Å²) in [6, 6.07) is 7.86. The Morgan fingerprint density at radius 1 is 1.40 bits per heavy atom. The second-order valence-corrected chi connectivity index (χ2v) is 4.45. The number of nitrogens with one attached hydrogen (secondary N) is 2. The molecule has 0 aliphatic heterocycles. The molecule has 0 fully saturated rings. The van der Waals surface area contributed by atoms with Crippen LogP contribution in [0.15, 0.2) is 36.9 Å². The van der Waals surface area contributed by atoms with E-state index in [0.717, 1.165) is 30.8 Å². The van der Waals surface area contributed by atoms with Gasteiger partial charge in [0.25, 0.3) is 0 Å². The highest BCUT2D eigenvalue weighted by Crippen LogP contribution is 2.15. The van der Waals surface area contributed by atoms with Gasteiger partial charge in [0.15, 0.2) is 0 Å². The smallest absolute Gasteiger partial charge is 0.224 e. The highest BCUT2D eigenvalue weighted by Gasteiger charge is 2.06. The summed E-state index contributed by atoms with van der Waals surface area (Å²) in [6.07, 6.45) is 2.89. The van der Waals surface area contributed by atoms with Crippen LogP contribution in [0.1, 0.15) is 25.3 Å². The number of ether oxygens (including phenoxy) is 1. The molecule has 0 heterocycles. The lowest BCUT2D eigenvalue weighted by molar-refractivity contribution is -0.116. The SMILES string of the molecule is C=CCOCCCC(=O)Nc1ccccc1CNCC. The normalized spacial score (nSPS) is 10.2. The fraction of sp³-hybridized carbons (Fsp3) is 0.438. The van der Waals surface area contributed by atoms with Crippen LogP contribution in [-0.2, 0) is 16.1 Å². The summed E-state index contributed by atoms with van der Waals surface area (Å²) in [4.78, 5) is 11.9. The van der Waals surface area contributed by atoms with Gasteiger partial charge < -0.3 is 15.4 Å². The number of hydrogen-bond donors (Lipinski definition) is 2. The minimum absolute atomic E-state index is 0.0242. The first-order valence-electron chi connectivity index (χ1n) is 7.05. The first-order valence-corrected chi connectivity index (χ1v) is 7.05. The summed E-state index contributed by atoms with van der Waals surface area (Å²) in [5, 5.41) is 6.22. The first kappa shape index (κ1) is 16.4. The van der Waals surface area contributed by atoms with Crippen molar-refractivity contribution in [2.24, 2.45) is 0 Å². The van der Waals surface area contributed by atoms with Gasteiger partial charge in [0.1, 0.15) is 0 Å². The maximum absolute atomic E-state index is 11.9. The van der Waals surface area contributed by atoms with E-state index in [2.05, 4.69) is 24.1 Å². The van der Waals surface area contributed by atoms with E-state index in [0.29, 0.717) is 19.6 Å². The van der Waals surface area contributed by atoms with Gasteiger partial charge in [0, 0.05) is 25.3 Å². The van der Waals surface area contributed by atoms with Crippen molar-refractivity contribution in [3.05, 3.63) is 42.5 Å². The highest BCUT2D eigenvalue weighted by molar-refractivity contribution is 5.91. The Morgan fingerprint density at radius 2 is 2.20 bits per heavy atom. The van der Waals surface area contributed by atoms with E-state index < -0.39 is 0 Å². The highest BCUT2D eigenvalue weighted by atomic mass is 16.5. The van der Waals surface area contributed by atoms with E-state index in [4.69, 9.17) is 4.74 Å². The topological polar surface area (TPSA) is 50.4 Å². The molecule has 4 heteroatoms. The Bertz CT molecular complexity index is 419. The number of anilines is 1. The predicted octanol–water partition coefficient (Wildman–Crippen LogP) is 2.72. The van der Waals surface area contributed by atoms with Crippen molar-refractivity contribution >= 4 is 11.6 Å². The third kappa shape index (κ3) is 6.50. The number of hydrogen-bond acceptors (Lipinski definition) is 3. The van der Waals surface area contributed by atoms with Crippen molar-refractivity contribution in [1.82, 2.24) is 5.32 Å². The van der Waals surface area contributed by atoms with Crippen molar-refractivity contribution in [2.75, 3.05) is 25.1 Å². The molecule has 0 radical (unpaired) electrons. The van der Waals surface area contributed by atoms with Crippen molar-refractivity contribution < 1.29 is 9.53 Å². The molecule has 20 heavy (non-hydrogen) atoms. The number of benzene rings is 1. The maximum Gasteiger partial charge on any atom is 0.224 e. The zero-order chi connectivity index (χ0) is 14.6. The molecule has 0 saturated carbocycles. The molecule has 1 aromatic carbocycles. The van der Waals surface area contributed by atoms with Gasteiger partial charge in [-0.3, -0.25) is 4.79 Å². The van der Waals surface area contributed by atoms with E-state index in [-0.39, 0.29) is 5.91 Å². The van der Waals surface area contributed by atoms with Gasteiger partial charge in [-0.25, -0.2) is 0 Å².